The highest BCUT2D eigenvalue weighted by Gasteiger charge is 2.29. The van der Waals surface area contributed by atoms with Gasteiger partial charge in [-0.2, -0.15) is 4.31 Å². The maximum absolute atomic E-state index is 12.6. The summed E-state index contributed by atoms with van der Waals surface area (Å²) < 4.78 is 26.5. The number of hydrogen-bond acceptors (Lipinski definition) is 4. The second-order valence-corrected chi connectivity index (χ2v) is 8.41. The molecule has 0 bridgehead atoms. The van der Waals surface area contributed by atoms with Crippen molar-refractivity contribution in [3.05, 3.63) is 52.7 Å². The summed E-state index contributed by atoms with van der Waals surface area (Å²) in [5, 5.41) is 4.84. The maximum atomic E-state index is 12.6. The van der Waals surface area contributed by atoms with Gasteiger partial charge >= 0.3 is 6.03 Å². The van der Waals surface area contributed by atoms with Crippen LogP contribution in [0.5, 0.6) is 0 Å². The number of carbonyl (C=O) groups is 1. The summed E-state index contributed by atoms with van der Waals surface area (Å²) in [4.78, 5) is 15.2. The number of benzene rings is 1. The highest BCUT2D eigenvalue weighted by molar-refractivity contribution is 7.89. The molecule has 0 saturated carbocycles. The average Bonchev–Trinajstić information content (AvgIpc) is 3.14. The Balaban J connectivity index is 1.54. The molecule has 6 nitrogen and oxygen atoms in total. The SMILES string of the molecule is O=C(NCc1cccs1)N1CCN(S(=O)(=O)c2ccccc2)CC1. The highest BCUT2D eigenvalue weighted by Crippen LogP contribution is 2.17. The first kappa shape index (κ1) is 16.9. The third-order valence-electron chi connectivity index (χ3n) is 3.90. The van der Waals surface area contributed by atoms with Crippen molar-refractivity contribution >= 4 is 27.4 Å². The van der Waals surface area contributed by atoms with E-state index in [0.717, 1.165) is 4.88 Å². The van der Waals surface area contributed by atoms with E-state index in [1.165, 1.54) is 4.31 Å². The van der Waals surface area contributed by atoms with Crippen molar-refractivity contribution in [2.75, 3.05) is 26.2 Å². The van der Waals surface area contributed by atoms with Crippen molar-refractivity contribution in [2.45, 2.75) is 11.4 Å². The fourth-order valence-corrected chi connectivity index (χ4v) is 4.65. The molecular formula is C16H19N3O3S2. The van der Waals surface area contributed by atoms with E-state index < -0.39 is 10.0 Å². The molecule has 1 aliphatic rings. The van der Waals surface area contributed by atoms with Crippen LogP contribution in [0.25, 0.3) is 0 Å². The molecule has 0 atom stereocenters. The van der Waals surface area contributed by atoms with Crippen LogP contribution in [0.4, 0.5) is 4.79 Å². The van der Waals surface area contributed by atoms with Crippen molar-refractivity contribution in [1.29, 1.82) is 0 Å². The molecule has 128 valence electrons. The summed E-state index contributed by atoms with van der Waals surface area (Å²) in [6, 6.07) is 12.1. The van der Waals surface area contributed by atoms with Crippen LogP contribution in [0.2, 0.25) is 0 Å². The van der Waals surface area contributed by atoms with E-state index in [9.17, 15) is 13.2 Å². The van der Waals surface area contributed by atoms with Crippen molar-refractivity contribution < 1.29 is 13.2 Å². The second kappa shape index (κ2) is 7.33. The van der Waals surface area contributed by atoms with E-state index in [1.807, 2.05) is 17.5 Å². The summed E-state index contributed by atoms with van der Waals surface area (Å²) in [5.74, 6) is 0. The molecule has 0 aliphatic carbocycles. The lowest BCUT2D eigenvalue weighted by Crippen LogP contribution is -2.52. The van der Waals surface area contributed by atoms with Crippen LogP contribution < -0.4 is 5.32 Å². The monoisotopic (exact) mass is 365 g/mol. The number of piperazine rings is 1. The van der Waals surface area contributed by atoms with E-state index in [0.29, 0.717) is 37.6 Å². The van der Waals surface area contributed by atoms with E-state index >= 15 is 0 Å². The number of rotatable bonds is 4. The number of sulfonamides is 1. The van der Waals surface area contributed by atoms with Crippen molar-refractivity contribution in [1.82, 2.24) is 14.5 Å². The summed E-state index contributed by atoms with van der Waals surface area (Å²) in [7, 11) is -3.48. The van der Waals surface area contributed by atoms with Crippen molar-refractivity contribution in [3.8, 4) is 0 Å². The van der Waals surface area contributed by atoms with Crippen LogP contribution in [0.3, 0.4) is 0 Å². The van der Waals surface area contributed by atoms with Gasteiger partial charge < -0.3 is 10.2 Å². The minimum Gasteiger partial charge on any atom is -0.333 e. The van der Waals surface area contributed by atoms with Gasteiger partial charge in [-0.25, -0.2) is 13.2 Å². The zero-order chi connectivity index (χ0) is 17.0. The number of amides is 2. The predicted molar refractivity (Wildman–Crippen MR) is 93.3 cm³/mol. The van der Waals surface area contributed by atoms with Crippen LogP contribution in [0.15, 0.2) is 52.7 Å². The lowest BCUT2D eigenvalue weighted by Gasteiger charge is -2.33. The van der Waals surface area contributed by atoms with Gasteiger partial charge in [-0.15, -0.1) is 11.3 Å². The number of urea groups is 1. The van der Waals surface area contributed by atoms with Crippen molar-refractivity contribution in [2.24, 2.45) is 0 Å². The molecule has 1 saturated heterocycles. The second-order valence-electron chi connectivity index (χ2n) is 5.44. The Hall–Kier alpha value is -1.90. The molecule has 2 heterocycles. The summed E-state index contributed by atoms with van der Waals surface area (Å²) in [5.41, 5.74) is 0. The average molecular weight is 365 g/mol. The molecule has 0 spiro atoms. The molecule has 1 fully saturated rings. The molecule has 8 heteroatoms. The smallest absolute Gasteiger partial charge is 0.317 e. The van der Waals surface area contributed by atoms with Gasteiger partial charge in [0, 0.05) is 31.1 Å². The molecule has 1 aromatic carbocycles. The van der Waals surface area contributed by atoms with Crippen LogP contribution in [0, 0.1) is 0 Å². The molecular weight excluding hydrogens is 346 g/mol. The van der Waals surface area contributed by atoms with E-state index in [4.69, 9.17) is 0 Å². The minimum atomic E-state index is -3.48. The van der Waals surface area contributed by atoms with Gasteiger partial charge in [0.05, 0.1) is 11.4 Å². The first-order chi connectivity index (χ1) is 11.6. The molecule has 24 heavy (non-hydrogen) atoms. The summed E-state index contributed by atoms with van der Waals surface area (Å²) in [6.07, 6.45) is 0. The van der Waals surface area contributed by atoms with E-state index in [2.05, 4.69) is 5.32 Å². The molecule has 2 amide bonds. The quantitative estimate of drug-likeness (QED) is 0.900. The Morgan fingerprint density at radius 1 is 1.04 bits per heavy atom. The fraction of sp³-hybridized carbons (Fsp3) is 0.312. The molecule has 0 unspecified atom stereocenters. The molecule has 1 N–H and O–H groups in total. The van der Waals surface area contributed by atoms with Crippen LogP contribution in [0.1, 0.15) is 4.88 Å². The number of hydrogen-bond donors (Lipinski definition) is 1. The number of nitrogens with zero attached hydrogens (tertiary/aromatic N) is 2. The molecule has 3 rings (SSSR count). The minimum absolute atomic E-state index is 0.153. The third kappa shape index (κ3) is 3.77. The lowest BCUT2D eigenvalue weighted by atomic mass is 10.4. The van der Waals surface area contributed by atoms with E-state index in [-0.39, 0.29) is 6.03 Å². The third-order valence-corrected chi connectivity index (χ3v) is 6.69. The van der Waals surface area contributed by atoms with Crippen LogP contribution >= 0.6 is 11.3 Å². The Bertz CT molecular complexity index is 768. The zero-order valence-electron chi connectivity index (χ0n) is 13.1. The molecule has 1 aromatic heterocycles. The van der Waals surface area contributed by atoms with Crippen LogP contribution in [-0.4, -0.2) is 49.8 Å². The number of thiophene rings is 1. The van der Waals surface area contributed by atoms with Crippen LogP contribution in [-0.2, 0) is 16.6 Å². The van der Waals surface area contributed by atoms with Crippen molar-refractivity contribution in [3.63, 3.8) is 0 Å². The molecule has 2 aromatic rings. The Kier molecular flexibility index (Phi) is 5.17. The topological polar surface area (TPSA) is 69.7 Å². The normalized spacial score (nSPS) is 16.1. The fourth-order valence-electron chi connectivity index (χ4n) is 2.56. The highest BCUT2D eigenvalue weighted by atomic mass is 32.2. The standard InChI is InChI=1S/C16H19N3O3S2/c20-16(17-13-14-5-4-12-23-14)18-8-10-19(11-9-18)24(21,22)15-6-2-1-3-7-15/h1-7,12H,8-11,13H2,(H,17,20). The Morgan fingerprint density at radius 3 is 2.38 bits per heavy atom. The first-order valence-electron chi connectivity index (χ1n) is 7.68. The van der Waals surface area contributed by atoms with Gasteiger partial charge in [0.25, 0.3) is 0 Å². The van der Waals surface area contributed by atoms with Gasteiger partial charge in [-0.05, 0) is 23.6 Å². The van der Waals surface area contributed by atoms with Gasteiger partial charge in [-0.1, -0.05) is 24.3 Å². The number of carbonyl (C=O) groups excluding carboxylic acids is 1. The van der Waals surface area contributed by atoms with Gasteiger partial charge in [0.15, 0.2) is 0 Å². The zero-order valence-corrected chi connectivity index (χ0v) is 14.7. The van der Waals surface area contributed by atoms with Gasteiger partial charge in [0.2, 0.25) is 10.0 Å². The maximum Gasteiger partial charge on any atom is 0.317 e. The summed E-state index contributed by atoms with van der Waals surface area (Å²) in [6.45, 7) is 1.90. The predicted octanol–water partition coefficient (Wildman–Crippen LogP) is 1.96. The lowest BCUT2D eigenvalue weighted by molar-refractivity contribution is 0.172. The summed E-state index contributed by atoms with van der Waals surface area (Å²) >= 11 is 1.59. The molecule has 0 radical (unpaired) electrons. The van der Waals surface area contributed by atoms with E-state index in [1.54, 1.807) is 46.6 Å². The largest absolute Gasteiger partial charge is 0.333 e. The van der Waals surface area contributed by atoms with Gasteiger partial charge in [0.1, 0.15) is 0 Å². The Labute approximate surface area is 145 Å². The van der Waals surface area contributed by atoms with Gasteiger partial charge in [-0.3, -0.25) is 0 Å². The number of nitrogens with one attached hydrogen (secondary N) is 1. The Morgan fingerprint density at radius 2 is 1.75 bits per heavy atom. The molecule has 1 aliphatic heterocycles. The first-order valence-corrected chi connectivity index (χ1v) is 10.00.